The first-order chi connectivity index (χ1) is 8.68. The monoisotopic (exact) mass is 252 g/mol. The summed E-state index contributed by atoms with van der Waals surface area (Å²) in [7, 11) is 0. The van der Waals surface area contributed by atoms with Crippen LogP contribution in [-0.4, -0.2) is 36.5 Å². The second-order valence-electron chi connectivity index (χ2n) is 6.28. The van der Waals surface area contributed by atoms with Crippen LogP contribution >= 0.6 is 0 Å². The summed E-state index contributed by atoms with van der Waals surface area (Å²) in [5.41, 5.74) is 0. The maximum Gasteiger partial charge on any atom is 0.223 e. The Hall–Kier alpha value is -0.570. The third kappa shape index (κ3) is 3.47. The number of likely N-dealkylation sites (tertiary alicyclic amines) is 1. The fourth-order valence-corrected chi connectivity index (χ4v) is 3.06. The Morgan fingerprint density at radius 3 is 2.33 bits per heavy atom. The summed E-state index contributed by atoms with van der Waals surface area (Å²) in [6, 6.07) is 0.523. The Bertz CT molecular complexity index is 268. The lowest BCUT2D eigenvalue weighted by molar-refractivity contribution is -0.127. The van der Waals surface area contributed by atoms with E-state index in [1.54, 1.807) is 0 Å². The Kier molecular flexibility index (Phi) is 5.04. The van der Waals surface area contributed by atoms with Gasteiger partial charge < -0.3 is 5.32 Å². The lowest BCUT2D eigenvalue weighted by atomic mass is 9.84. The highest BCUT2D eigenvalue weighted by atomic mass is 16.1. The summed E-state index contributed by atoms with van der Waals surface area (Å²) in [4.78, 5) is 14.5. The molecular formula is C15H28N2O. The van der Waals surface area contributed by atoms with Crippen molar-refractivity contribution < 1.29 is 4.79 Å². The van der Waals surface area contributed by atoms with Gasteiger partial charge in [-0.15, -0.1) is 0 Å². The van der Waals surface area contributed by atoms with E-state index in [0.29, 0.717) is 23.8 Å². The lowest BCUT2D eigenvalue weighted by Gasteiger charge is -2.37. The molecule has 2 aliphatic rings. The van der Waals surface area contributed by atoms with Gasteiger partial charge in [-0.2, -0.15) is 0 Å². The van der Waals surface area contributed by atoms with Crippen molar-refractivity contribution in [2.45, 2.75) is 58.4 Å². The highest BCUT2D eigenvalue weighted by Crippen LogP contribution is 2.26. The van der Waals surface area contributed by atoms with Crippen LogP contribution in [0.25, 0.3) is 0 Å². The molecule has 0 aromatic rings. The van der Waals surface area contributed by atoms with Gasteiger partial charge in [-0.25, -0.2) is 0 Å². The maximum atomic E-state index is 11.9. The highest BCUT2D eigenvalue weighted by molar-refractivity contribution is 5.79. The molecule has 1 amide bonds. The quantitative estimate of drug-likeness (QED) is 0.815. The van der Waals surface area contributed by atoms with Crippen LogP contribution < -0.4 is 5.32 Å². The molecule has 1 aliphatic carbocycles. The van der Waals surface area contributed by atoms with Crippen LogP contribution in [0.5, 0.6) is 0 Å². The Balaban J connectivity index is 1.79. The number of hydrogen-bond donors (Lipinski definition) is 1. The zero-order valence-electron chi connectivity index (χ0n) is 12.0. The molecule has 0 aromatic carbocycles. The van der Waals surface area contributed by atoms with Gasteiger partial charge in [0.1, 0.15) is 0 Å². The van der Waals surface area contributed by atoms with Crippen molar-refractivity contribution in [1.82, 2.24) is 10.2 Å². The second-order valence-corrected chi connectivity index (χ2v) is 6.28. The van der Waals surface area contributed by atoms with Crippen LogP contribution in [0.2, 0.25) is 0 Å². The van der Waals surface area contributed by atoms with E-state index in [1.807, 2.05) is 0 Å². The molecule has 18 heavy (non-hydrogen) atoms. The van der Waals surface area contributed by atoms with Crippen LogP contribution in [0.1, 0.15) is 52.4 Å². The van der Waals surface area contributed by atoms with E-state index < -0.39 is 0 Å². The molecule has 1 atom stereocenters. The molecule has 1 saturated carbocycles. The molecule has 2 rings (SSSR count). The summed E-state index contributed by atoms with van der Waals surface area (Å²) in [5, 5.41) is 3.18. The summed E-state index contributed by atoms with van der Waals surface area (Å²) in [6.07, 6.45) is 7.44. The number of carbonyl (C=O) groups is 1. The van der Waals surface area contributed by atoms with Crippen molar-refractivity contribution >= 4 is 5.91 Å². The zero-order chi connectivity index (χ0) is 13.0. The maximum absolute atomic E-state index is 11.9. The first kappa shape index (κ1) is 13.9. The molecule has 3 heteroatoms. The molecular weight excluding hydrogens is 224 g/mol. The zero-order valence-corrected chi connectivity index (χ0v) is 12.0. The Labute approximate surface area is 111 Å². The van der Waals surface area contributed by atoms with Crippen LogP contribution in [0.4, 0.5) is 0 Å². The molecule has 0 bridgehead atoms. The van der Waals surface area contributed by atoms with Crippen LogP contribution in [0.3, 0.4) is 0 Å². The fraction of sp³-hybridized carbons (Fsp3) is 0.933. The topological polar surface area (TPSA) is 32.3 Å². The Morgan fingerprint density at radius 1 is 1.17 bits per heavy atom. The first-order valence-electron chi connectivity index (χ1n) is 7.70. The molecule has 1 aliphatic heterocycles. The molecule has 0 aromatic heterocycles. The predicted molar refractivity (Wildman–Crippen MR) is 74.4 cm³/mol. The van der Waals surface area contributed by atoms with Gasteiger partial charge in [0, 0.05) is 18.5 Å². The van der Waals surface area contributed by atoms with Gasteiger partial charge in [0.25, 0.3) is 0 Å². The molecule has 1 N–H and O–H groups in total. The van der Waals surface area contributed by atoms with Gasteiger partial charge in [0.15, 0.2) is 0 Å². The average Bonchev–Trinajstić information content (AvgIpc) is 2.28. The van der Waals surface area contributed by atoms with E-state index in [-0.39, 0.29) is 0 Å². The number of rotatable bonds is 5. The second kappa shape index (κ2) is 6.55. The third-order valence-corrected chi connectivity index (χ3v) is 4.59. The first-order valence-corrected chi connectivity index (χ1v) is 7.70. The molecule has 3 nitrogen and oxygen atoms in total. The van der Waals surface area contributed by atoms with Crippen molar-refractivity contribution in [3.63, 3.8) is 0 Å². The lowest BCUT2D eigenvalue weighted by Crippen LogP contribution is -2.50. The minimum absolute atomic E-state index is 0.295. The molecule has 1 heterocycles. The largest absolute Gasteiger partial charge is 0.354 e. The van der Waals surface area contributed by atoms with Gasteiger partial charge in [0.05, 0.1) is 0 Å². The normalized spacial score (nSPS) is 23.7. The average molecular weight is 252 g/mol. The van der Waals surface area contributed by atoms with Gasteiger partial charge in [0.2, 0.25) is 5.91 Å². The SMILES string of the molecule is CC(C)C(CNC(=O)C1CCC1)N1CCCCC1. The van der Waals surface area contributed by atoms with E-state index in [1.165, 1.54) is 38.8 Å². The van der Waals surface area contributed by atoms with Crippen molar-refractivity contribution in [1.29, 1.82) is 0 Å². The molecule has 1 saturated heterocycles. The molecule has 1 unspecified atom stereocenters. The van der Waals surface area contributed by atoms with Crippen LogP contribution in [-0.2, 0) is 4.79 Å². The fourth-order valence-electron chi connectivity index (χ4n) is 3.06. The van der Waals surface area contributed by atoms with E-state index >= 15 is 0 Å². The van der Waals surface area contributed by atoms with Crippen LogP contribution in [0.15, 0.2) is 0 Å². The molecule has 2 fully saturated rings. The summed E-state index contributed by atoms with van der Waals surface area (Å²) < 4.78 is 0. The number of hydrogen-bond acceptors (Lipinski definition) is 2. The summed E-state index contributed by atoms with van der Waals surface area (Å²) >= 11 is 0. The van der Waals surface area contributed by atoms with Crippen LogP contribution in [0, 0.1) is 11.8 Å². The number of nitrogens with one attached hydrogen (secondary N) is 1. The minimum atomic E-state index is 0.295. The van der Waals surface area contributed by atoms with Gasteiger partial charge >= 0.3 is 0 Å². The van der Waals surface area contributed by atoms with E-state index in [9.17, 15) is 4.79 Å². The summed E-state index contributed by atoms with van der Waals surface area (Å²) in [6.45, 7) is 7.81. The van der Waals surface area contributed by atoms with Gasteiger partial charge in [-0.05, 0) is 44.7 Å². The van der Waals surface area contributed by atoms with E-state index in [0.717, 1.165) is 19.4 Å². The van der Waals surface area contributed by atoms with Crippen molar-refractivity contribution in [3.05, 3.63) is 0 Å². The summed E-state index contributed by atoms with van der Waals surface area (Å²) in [5.74, 6) is 1.23. The minimum Gasteiger partial charge on any atom is -0.354 e. The standard InChI is InChI=1S/C15H28N2O/c1-12(2)14(17-9-4-3-5-10-17)11-16-15(18)13-7-6-8-13/h12-14H,3-11H2,1-2H3,(H,16,18). The van der Waals surface area contributed by atoms with Crippen molar-refractivity contribution in [3.8, 4) is 0 Å². The molecule has 104 valence electrons. The number of amides is 1. The van der Waals surface area contributed by atoms with Gasteiger partial charge in [-0.1, -0.05) is 26.7 Å². The number of piperidine rings is 1. The van der Waals surface area contributed by atoms with E-state index in [4.69, 9.17) is 0 Å². The van der Waals surface area contributed by atoms with Crippen molar-refractivity contribution in [2.75, 3.05) is 19.6 Å². The third-order valence-electron chi connectivity index (χ3n) is 4.59. The van der Waals surface area contributed by atoms with E-state index in [2.05, 4.69) is 24.1 Å². The highest BCUT2D eigenvalue weighted by Gasteiger charge is 2.28. The van der Waals surface area contributed by atoms with Crippen molar-refractivity contribution in [2.24, 2.45) is 11.8 Å². The number of carbonyl (C=O) groups excluding carboxylic acids is 1. The molecule has 0 radical (unpaired) electrons. The smallest absolute Gasteiger partial charge is 0.223 e. The van der Waals surface area contributed by atoms with Gasteiger partial charge in [-0.3, -0.25) is 9.69 Å². The molecule has 0 spiro atoms. The number of nitrogens with zero attached hydrogens (tertiary/aromatic N) is 1. The predicted octanol–water partition coefficient (Wildman–Crippen LogP) is 2.41. The Morgan fingerprint density at radius 2 is 1.83 bits per heavy atom.